The van der Waals surface area contributed by atoms with E-state index in [9.17, 15) is 4.79 Å². The van der Waals surface area contributed by atoms with Crippen molar-refractivity contribution in [2.45, 2.75) is 13.0 Å². The molecule has 3 N–H and O–H groups in total. The lowest BCUT2D eigenvalue weighted by atomic mass is 10.0. The van der Waals surface area contributed by atoms with Crippen LogP contribution in [0.15, 0.2) is 60.8 Å². The average Bonchev–Trinajstić information content (AvgIpc) is 2.80. The Kier molecular flexibility index (Phi) is 5.73. The lowest BCUT2D eigenvalue weighted by Crippen LogP contribution is -2.46. The standard InChI is InChI=1S/C24H23N5O/c1-2-7-18-11-12-21(28-22(18)23(30)19-10-6-13-27-24(19)25)29-15-14-26-20(16-29)17-8-4-3-5-9-17/h3-6,8-13,20,26H,14-16H2,1H3,(H2,25,27). The van der Waals surface area contributed by atoms with E-state index in [4.69, 9.17) is 10.7 Å². The van der Waals surface area contributed by atoms with Crippen molar-refractivity contribution in [2.75, 3.05) is 30.3 Å². The number of nitrogens with two attached hydrogens (primary N) is 1. The van der Waals surface area contributed by atoms with E-state index in [2.05, 4.69) is 39.2 Å². The molecule has 1 unspecified atom stereocenters. The number of rotatable bonds is 4. The van der Waals surface area contributed by atoms with Crippen LogP contribution in [0.5, 0.6) is 0 Å². The zero-order valence-corrected chi connectivity index (χ0v) is 16.8. The number of nitrogens with one attached hydrogen (secondary N) is 1. The Labute approximate surface area is 176 Å². The summed E-state index contributed by atoms with van der Waals surface area (Å²) in [5.41, 5.74) is 8.39. The molecule has 6 heteroatoms. The van der Waals surface area contributed by atoms with Gasteiger partial charge in [-0.05, 0) is 36.8 Å². The molecule has 1 aliphatic rings. The summed E-state index contributed by atoms with van der Waals surface area (Å²) < 4.78 is 0. The fraction of sp³-hybridized carbons (Fsp3) is 0.208. The van der Waals surface area contributed by atoms with Crippen LogP contribution >= 0.6 is 0 Å². The first kappa shape index (κ1) is 19.6. The molecule has 1 aromatic carbocycles. The molecule has 0 aliphatic carbocycles. The molecule has 0 spiro atoms. The summed E-state index contributed by atoms with van der Waals surface area (Å²) >= 11 is 0. The summed E-state index contributed by atoms with van der Waals surface area (Å²) in [6.45, 7) is 4.13. The maximum Gasteiger partial charge on any atom is 0.216 e. The Morgan fingerprint density at radius 1 is 1.17 bits per heavy atom. The minimum Gasteiger partial charge on any atom is -0.383 e. The number of aromatic nitrogens is 2. The fourth-order valence-electron chi connectivity index (χ4n) is 3.64. The van der Waals surface area contributed by atoms with E-state index in [1.54, 1.807) is 25.3 Å². The number of carbonyl (C=O) groups excluding carboxylic acids is 1. The number of anilines is 2. The summed E-state index contributed by atoms with van der Waals surface area (Å²) in [6.07, 6.45) is 1.56. The van der Waals surface area contributed by atoms with Crippen LogP contribution in [0.2, 0.25) is 0 Å². The number of nitrogen functional groups attached to an aromatic ring is 1. The van der Waals surface area contributed by atoms with Gasteiger partial charge >= 0.3 is 0 Å². The van der Waals surface area contributed by atoms with Crippen LogP contribution in [0, 0.1) is 11.8 Å². The summed E-state index contributed by atoms with van der Waals surface area (Å²) in [4.78, 5) is 24.2. The van der Waals surface area contributed by atoms with Gasteiger partial charge in [-0.1, -0.05) is 36.3 Å². The molecule has 3 heterocycles. The lowest BCUT2D eigenvalue weighted by Gasteiger charge is -2.35. The molecule has 1 aliphatic heterocycles. The first-order chi connectivity index (χ1) is 14.7. The maximum atomic E-state index is 13.2. The predicted molar refractivity (Wildman–Crippen MR) is 118 cm³/mol. The van der Waals surface area contributed by atoms with Gasteiger partial charge in [-0.25, -0.2) is 9.97 Å². The molecule has 2 aromatic heterocycles. The molecule has 1 saturated heterocycles. The topological polar surface area (TPSA) is 84.1 Å². The highest BCUT2D eigenvalue weighted by atomic mass is 16.1. The Balaban J connectivity index is 1.68. The third kappa shape index (κ3) is 4.02. The molecule has 1 atom stereocenters. The van der Waals surface area contributed by atoms with Crippen molar-refractivity contribution in [1.82, 2.24) is 15.3 Å². The molecule has 0 amide bonds. The maximum absolute atomic E-state index is 13.2. The van der Waals surface area contributed by atoms with Crippen molar-refractivity contribution in [3.63, 3.8) is 0 Å². The summed E-state index contributed by atoms with van der Waals surface area (Å²) in [7, 11) is 0. The van der Waals surface area contributed by atoms with E-state index in [1.165, 1.54) is 5.56 Å². The SMILES string of the molecule is CC#Cc1ccc(N2CCNC(c3ccccc3)C2)nc1C(=O)c1cccnc1N. The third-order valence-corrected chi connectivity index (χ3v) is 5.14. The average molecular weight is 397 g/mol. The van der Waals surface area contributed by atoms with Gasteiger partial charge in [0.25, 0.3) is 0 Å². The van der Waals surface area contributed by atoms with Gasteiger partial charge in [-0.2, -0.15) is 0 Å². The predicted octanol–water partition coefficient (Wildman–Crippen LogP) is 2.81. The van der Waals surface area contributed by atoms with E-state index >= 15 is 0 Å². The number of piperazine rings is 1. The highest BCUT2D eigenvalue weighted by Crippen LogP contribution is 2.24. The second-order valence-electron chi connectivity index (χ2n) is 7.07. The largest absolute Gasteiger partial charge is 0.383 e. The van der Waals surface area contributed by atoms with Gasteiger partial charge < -0.3 is 16.0 Å². The molecule has 30 heavy (non-hydrogen) atoms. The van der Waals surface area contributed by atoms with Gasteiger partial charge in [-0.15, -0.1) is 5.92 Å². The Bertz CT molecular complexity index is 1120. The van der Waals surface area contributed by atoms with Crippen LogP contribution in [-0.4, -0.2) is 35.4 Å². The Morgan fingerprint density at radius 3 is 2.77 bits per heavy atom. The molecule has 0 bridgehead atoms. The van der Waals surface area contributed by atoms with Gasteiger partial charge in [0, 0.05) is 31.9 Å². The number of benzene rings is 1. The van der Waals surface area contributed by atoms with Crippen molar-refractivity contribution in [3.8, 4) is 11.8 Å². The summed E-state index contributed by atoms with van der Waals surface area (Å²) in [5, 5.41) is 3.55. The molecule has 4 rings (SSSR count). The Hall–Kier alpha value is -3.69. The van der Waals surface area contributed by atoms with Crippen LogP contribution in [0.3, 0.4) is 0 Å². The van der Waals surface area contributed by atoms with Crippen LogP contribution < -0.4 is 16.0 Å². The molecule has 6 nitrogen and oxygen atoms in total. The number of hydrogen-bond donors (Lipinski definition) is 2. The molecule has 0 radical (unpaired) electrons. The smallest absolute Gasteiger partial charge is 0.216 e. The van der Waals surface area contributed by atoms with Crippen LogP contribution in [0.4, 0.5) is 11.6 Å². The van der Waals surface area contributed by atoms with E-state index in [-0.39, 0.29) is 17.6 Å². The van der Waals surface area contributed by atoms with Gasteiger partial charge in [0.05, 0.1) is 11.1 Å². The van der Waals surface area contributed by atoms with Gasteiger partial charge in [-0.3, -0.25) is 4.79 Å². The molecule has 1 fully saturated rings. The van der Waals surface area contributed by atoms with Crippen LogP contribution in [0.1, 0.15) is 40.1 Å². The van der Waals surface area contributed by atoms with Crippen molar-refractivity contribution in [2.24, 2.45) is 0 Å². The molecule has 0 saturated carbocycles. The first-order valence-corrected chi connectivity index (χ1v) is 9.89. The normalized spacial score (nSPS) is 15.9. The zero-order chi connectivity index (χ0) is 20.9. The van der Waals surface area contributed by atoms with Gasteiger partial charge in [0.1, 0.15) is 17.3 Å². The number of carbonyl (C=O) groups is 1. The van der Waals surface area contributed by atoms with E-state index in [0.717, 1.165) is 25.5 Å². The number of pyridine rings is 2. The minimum absolute atomic E-state index is 0.191. The monoisotopic (exact) mass is 397 g/mol. The third-order valence-electron chi connectivity index (χ3n) is 5.14. The number of hydrogen-bond acceptors (Lipinski definition) is 6. The van der Waals surface area contributed by atoms with Crippen molar-refractivity contribution in [3.05, 3.63) is 83.2 Å². The summed E-state index contributed by atoms with van der Waals surface area (Å²) in [5.74, 6) is 6.52. The number of nitrogens with zero attached hydrogens (tertiary/aromatic N) is 3. The van der Waals surface area contributed by atoms with E-state index < -0.39 is 0 Å². The molecular formula is C24H23N5O. The van der Waals surface area contributed by atoms with Crippen LogP contribution in [0.25, 0.3) is 0 Å². The highest BCUT2D eigenvalue weighted by Gasteiger charge is 2.24. The van der Waals surface area contributed by atoms with E-state index in [1.807, 2.05) is 30.3 Å². The van der Waals surface area contributed by atoms with Crippen molar-refractivity contribution >= 4 is 17.4 Å². The number of ketones is 1. The van der Waals surface area contributed by atoms with E-state index in [0.29, 0.717) is 16.8 Å². The minimum atomic E-state index is -0.269. The van der Waals surface area contributed by atoms with Crippen LogP contribution in [-0.2, 0) is 0 Å². The quantitative estimate of drug-likeness (QED) is 0.520. The highest BCUT2D eigenvalue weighted by molar-refractivity contribution is 6.11. The van der Waals surface area contributed by atoms with Crippen molar-refractivity contribution < 1.29 is 4.79 Å². The second kappa shape index (κ2) is 8.76. The second-order valence-corrected chi connectivity index (χ2v) is 7.07. The first-order valence-electron chi connectivity index (χ1n) is 9.89. The van der Waals surface area contributed by atoms with Gasteiger partial charge in [0.2, 0.25) is 5.78 Å². The fourth-order valence-corrected chi connectivity index (χ4v) is 3.64. The Morgan fingerprint density at radius 2 is 2.00 bits per heavy atom. The molecule has 150 valence electrons. The van der Waals surface area contributed by atoms with Gasteiger partial charge in [0.15, 0.2) is 0 Å². The molecule has 3 aromatic rings. The summed E-state index contributed by atoms with van der Waals surface area (Å²) in [6, 6.07) is 17.7. The van der Waals surface area contributed by atoms with Crippen molar-refractivity contribution in [1.29, 1.82) is 0 Å². The zero-order valence-electron chi connectivity index (χ0n) is 16.8. The molecular weight excluding hydrogens is 374 g/mol. The lowest BCUT2D eigenvalue weighted by molar-refractivity contribution is 0.103.